The van der Waals surface area contributed by atoms with Crippen LogP contribution in [0.4, 0.5) is 5.69 Å². The molecule has 0 aliphatic heterocycles. The van der Waals surface area contributed by atoms with Crippen LogP contribution in [0.25, 0.3) is 0 Å². The van der Waals surface area contributed by atoms with Gasteiger partial charge in [0.15, 0.2) is 0 Å². The Morgan fingerprint density at radius 1 is 0.947 bits per heavy atom. The fraction of sp³-hybridized carbons (Fsp3) is 0.235. The van der Waals surface area contributed by atoms with Crippen LogP contribution in [0.5, 0.6) is 5.75 Å². The van der Waals surface area contributed by atoms with E-state index in [1.54, 1.807) is 7.11 Å². The summed E-state index contributed by atoms with van der Waals surface area (Å²) in [4.78, 5) is 4.80. The number of methoxy groups -OCH3 is 1. The number of fused-ring (bicyclic) bond motifs is 1. The first-order valence-electron chi connectivity index (χ1n) is 6.67. The lowest BCUT2D eigenvalue weighted by Crippen LogP contribution is -2.11. The van der Waals surface area contributed by atoms with Gasteiger partial charge in [0.05, 0.1) is 12.8 Å². The van der Waals surface area contributed by atoms with Gasteiger partial charge in [-0.1, -0.05) is 24.3 Å². The largest absolute Gasteiger partial charge is 0.497 e. The van der Waals surface area contributed by atoms with Gasteiger partial charge in [-0.15, -0.1) is 0 Å². The molecule has 2 nitrogen and oxygen atoms in total. The molecule has 2 aromatic rings. The normalized spacial score (nSPS) is 16.2. The molecule has 0 bridgehead atoms. The molecule has 2 heteroatoms. The molecular weight excluding hydrogens is 234 g/mol. The zero-order valence-corrected chi connectivity index (χ0v) is 11.1. The lowest BCUT2D eigenvalue weighted by molar-refractivity contribution is 0.415. The quantitative estimate of drug-likeness (QED) is 0.785. The molecule has 0 atom stereocenters. The van der Waals surface area contributed by atoms with Crippen molar-refractivity contribution in [3.63, 3.8) is 0 Å². The number of nitrogens with zero attached hydrogens (tertiary/aromatic N) is 1. The van der Waals surface area contributed by atoms with Gasteiger partial charge in [-0.25, -0.2) is 0 Å². The molecule has 0 fully saturated rings. The van der Waals surface area contributed by atoms with Crippen molar-refractivity contribution in [2.45, 2.75) is 19.3 Å². The van der Waals surface area contributed by atoms with Crippen molar-refractivity contribution in [2.24, 2.45) is 4.99 Å². The summed E-state index contributed by atoms with van der Waals surface area (Å²) in [5.41, 5.74) is 4.92. The van der Waals surface area contributed by atoms with Crippen LogP contribution in [0.3, 0.4) is 0 Å². The smallest absolute Gasteiger partial charge is 0.119 e. The number of hydrogen-bond acceptors (Lipinski definition) is 2. The van der Waals surface area contributed by atoms with Gasteiger partial charge in [-0.2, -0.15) is 0 Å². The van der Waals surface area contributed by atoms with Gasteiger partial charge in [-0.3, -0.25) is 4.99 Å². The van der Waals surface area contributed by atoms with E-state index >= 15 is 0 Å². The van der Waals surface area contributed by atoms with E-state index in [9.17, 15) is 0 Å². The van der Waals surface area contributed by atoms with Crippen LogP contribution in [-0.4, -0.2) is 12.8 Å². The van der Waals surface area contributed by atoms with Crippen LogP contribution in [0.1, 0.15) is 24.0 Å². The maximum atomic E-state index is 5.17. The Labute approximate surface area is 113 Å². The van der Waals surface area contributed by atoms with E-state index < -0.39 is 0 Å². The summed E-state index contributed by atoms with van der Waals surface area (Å²) in [5, 5.41) is 0. The van der Waals surface area contributed by atoms with Crippen molar-refractivity contribution < 1.29 is 4.74 Å². The summed E-state index contributed by atoms with van der Waals surface area (Å²) in [6.07, 6.45) is 3.41. The number of aryl methyl sites for hydroxylation is 1. The molecule has 0 saturated heterocycles. The average molecular weight is 251 g/mol. The van der Waals surface area contributed by atoms with E-state index in [1.165, 1.54) is 23.3 Å². The lowest BCUT2D eigenvalue weighted by Gasteiger charge is -2.17. The molecule has 1 aliphatic carbocycles. The number of aliphatic imine (C=N–C) groups is 1. The molecule has 0 heterocycles. The summed E-state index contributed by atoms with van der Waals surface area (Å²) >= 11 is 0. The summed E-state index contributed by atoms with van der Waals surface area (Å²) in [6, 6.07) is 16.5. The maximum absolute atomic E-state index is 5.17. The van der Waals surface area contributed by atoms with E-state index in [1.807, 2.05) is 24.3 Å². The van der Waals surface area contributed by atoms with Crippen LogP contribution >= 0.6 is 0 Å². The highest BCUT2D eigenvalue weighted by molar-refractivity contribution is 6.04. The number of benzene rings is 2. The molecule has 96 valence electrons. The first-order chi connectivity index (χ1) is 9.36. The molecule has 19 heavy (non-hydrogen) atoms. The molecule has 0 saturated carbocycles. The zero-order valence-electron chi connectivity index (χ0n) is 11.1. The minimum absolute atomic E-state index is 0.869. The van der Waals surface area contributed by atoms with Crippen molar-refractivity contribution in [1.29, 1.82) is 0 Å². The fourth-order valence-corrected chi connectivity index (χ4v) is 2.53. The molecule has 0 unspecified atom stereocenters. The second-order valence-electron chi connectivity index (χ2n) is 4.77. The van der Waals surface area contributed by atoms with Gasteiger partial charge in [-0.05, 0) is 54.7 Å². The van der Waals surface area contributed by atoms with Crippen LogP contribution in [-0.2, 0) is 6.42 Å². The third-order valence-corrected chi connectivity index (χ3v) is 3.52. The van der Waals surface area contributed by atoms with Crippen LogP contribution in [0.15, 0.2) is 53.5 Å². The summed E-state index contributed by atoms with van der Waals surface area (Å²) in [6.45, 7) is 0. The van der Waals surface area contributed by atoms with Gasteiger partial charge in [0.1, 0.15) is 5.75 Å². The molecule has 2 aromatic carbocycles. The topological polar surface area (TPSA) is 21.6 Å². The Kier molecular flexibility index (Phi) is 3.32. The van der Waals surface area contributed by atoms with Crippen LogP contribution in [0.2, 0.25) is 0 Å². The highest BCUT2D eigenvalue weighted by Gasteiger charge is 2.14. The molecule has 0 radical (unpaired) electrons. The summed E-state index contributed by atoms with van der Waals surface area (Å²) in [7, 11) is 1.68. The second-order valence-corrected chi connectivity index (χ2v) is 4.77. The zero-order chi connectivity index (χ0) is 13.1. The Hall–Kier alpha value is -2.09. The predicted molar refractivity (Wildman–Crippen MR) is 78.6 cm³/mol. The molecule has 0 N–H and O–H groups in total. The van der Waals surface area contributed by atoms with Gasteiger partial charge >= 0.3 is 0 Å². The highest BCUT2D eigenvalue weighted by atomic mass is 16.5. The molecule has 0 aromatic heterocycles. The van der Waals surface area contributed by atoms with Gasteiger partial charge in [0, 0.05) is 5.71 Å². The first kappa shape index (κ1) is 12.0. The van der Waals surface area contributed by atoms with Crippen molar-refractivity contribution in [1.82, 2.24) is 0 Å². The van der Waals surface area contributed by atoms with Crippen molar-refractivity contribution in [2.75, 3.05) is 7.11 Å². The Bertz CT molecular complexity index is 599. The average Bonchev–Trinajstić information content (AvgIpc) is 2.48. The molecule has 3 rings (SSSR count). The Morgan fingerprint density at radius 3 is 2.53 bits per heavy atom. The minimum atomic E-state index is 0.869. The molecule has 1 aliphatic rings. The Balaban J connectivity index is 1.95. The van der Waals surface area contributed by atoms with Crippen LogP contribution < -0.4 is 4.74 Å². The Morgan fingerprint density at radius 2 is 1.74 bits per heavy atom. The first-order valence-corrected chi connectivity index (χ1v) is 6.67. The third-order valence-electron chi connectivity index (χ3n) is 3.52. The predicted octanol–water partition coefficient (Wildman–Crippen LogP) is 4.15. The summed E-state index contributed by atoms with van der Waals surface area (Å²) < 4.78 is 5.17. The van der Waals surface area contributed by atoms with E-state index in [4.69, 9.17) is 9.73 Å². The third kappa shape index (κ3) is 2.53. The van der Waals surface area contributed by atoms with Crippen molar-refractivity contribution in [3.05, 3.63) is 59.7 Å². The number of ether oxygens (including phenoxy) is 1. The molecular formula is C17H17NO. The fourth-order valence-electron chi connectivity index (χ4n) is 2.53. The molecule has 0 spiro atoms. The second kappa shape index (κ2) is 5.27. The van der Waals surface area contributed by atoms with Gasteiger partial charge < -0.3 is 4.74 Å². The maximum Gasteiger partial charge on any atom is 0.119 e. The van der Waals surface area contributed by atoms with E-state index in [0.717, 1.165) is 24.3 Å². The monoisotopic (exact) mass is 251 g/mol. The number of rotatable bonds is 2. The number of hydrogen-bond donors (Lipinski definition) is 0. The lowest BCUT2D eigenvalue weighted by atomic mass is 9.90. The SMILES string of the molecule is COc1ccc(/N=C2/CCCc3ccccc32)cc1. The minimum Gasteiger partial charge on any atom is -0.497 e. The van der Waals surface area contributed by atoms with Crippen molar-refractivity contribution in [3.8, 4) is 5.75 Å². The standard InChI is InChI=1S/C17H17NO/c1-19-15-11-9-14(10-12-15)18-17-8-4-6-13-5-2-3-7-16(13)17/h2-3,5,7,9-12H,4,6,8H2,1H3/b18-17-. The highest BCUT2D eigenvalue weighted by Crippen LogP contribution is 2.25. The van der Waals surface area contributed by atoms with E-state index in [-0.39, 0.29) is 0 Å². The van der Waals surface area contributed by atoms with Crippen LogP contribution in [0, 0.1) is 0 Å². The van der Waals surface area contributed by atoms with E-state index in [2.05, 4.69) is 24.3 Å². The van der Waals surface area contributed by atoms with Gasteiger partial charge in [0.2, 0.25) is 0 Å². The molecule has 0 amide bonds. The van der Waals surface area contributed by atoms with E-state index in [0.29, 0.717) is 0 Å². The van der Waals surface area contributed by atoms with Gasteiger partial charge in [0.25, 0.3) is 0 Å². The van der Waals surface area contributed by atoms with Crippen molar-refractivity contribution >= 4 is 11.4 Å². The summed E-state index contributed by atoms with van der Waals surface area (Å²) in [5.74, 6) is 0.869.